The molecule has 0 spiro atoms. The lowest BCUT2D eigenvalue weighted by atomic mass is 10.0. The van der Waals surface area contributed by atoms with Crippen molar-refractivity contribution in [2.75, 3.05) is 26.2 Å². The highest BCUT2D eigenvalue weighted by molar-refractivity contribution is 5.13. The van der Waals surface area contributed by atoms with Crippen molar-refractivity contribution in [1.29, 1.82) is 0 Å². The molecule has 1 aromatic rings. The summed E-state index contributed by atoms with van der Waals surface area (Å²) in [5.41, 5.74) is 1.57. The number of nitrogens with one attached hydrogen (secondary N) is 1. The van der Waals surface area contributed by atoms with E-state index in [2.05, 4.69) is 42.0 Å². The van der Waals surface area contributed by atoms with Gasteiger partial charge in [-0.15, -0.1) is 0 Å². The molecule has 2 heterocycles. The van der Waals surface area contributed by atoms with Crippen LogP contribution < -0.4 is 5.32 Å². The summed E-state index contributed by atoms with van der Waals surface area (Å²) >= 11 is 0. The van der Waals surface area contributed by atoms with Crippen LogP contribution in [0.1, 0.15) is 44.9 Å². The van der Waals surface area contributed by atoms with Crippen LogP contribution in [0.2, 0.25) is 0 Å². The molecule has 0 amide bonds. The highest BCUT2D eigenvalue weighted by Gasteiger charge is 2.26. The number of piperazine rings is 1. The fraction of sp³-hybridized carbons (Fsp3) is 0.765. The molecule has 3 rings (SSSR count). The third-order valence-corrected chi connectivity index (χ3v) is 4.58. The lowest BCUT2D eigenvalue weighted by Gasteiger charge is -2.42. The van der Waals surface area contributed by atoms with E-state index in [0.717, 1.165) is 51.1 Å². The lowest BCUT2D eigenvalue weighted by molar-refractivity contribution is 0.0562. The van der Waals surface area contributed by atoms with Gasteiger partial charge in [-0.25, -0.2) is 0 Å². The monoisotopic (exact) mass is 291 g/mol. The van der Waals surface area contributed by atoms with Gasteiger partial charge in [-0.05, 0) is 39.7 Å². The molecule has 118 valence electrons. The predicted molar refractivity (Wildman–Crippen MR) is 85.2 cm³/mol. The van der Waals surface area contributed by atoms with Gasteiger partial charge in [0, 0.05) is 49.9 Å². The lowest BCUT2D eigenvalue weighted by Crippen LogP contribution is -2.53. The maximum Gasteiger partial charge on any atom is 0.118 e. The molecule has 0 radical (unpaired) electrons. The Labute approximate surface area is 128 Å². The quantitative estimate of drug-likeness (QED) is 0.903. The number of furan rings is 1. The van der Waals surface area contributed by atoms with Crippen molar-refractivity contribution in [2.24, 2.45) is 0 Å². The Kier molecular flexibility index (Phi) is 4.38. The normalized spacial score (nSPS) is 21.9. The zero-order chi connectivity index (χ0) is 14.9. The Morgan fingerprint density at radius 1 is 1.19 bits per heavy atom. The highest BCUT2D eigenvalue weighted by Crippen LogP contribution is 2.20. The first-order valence-electron chi connectivity index (χ1n) is 8.28. The molecular formula is C17H29N3O. The summed E-state index contributed by atoms with van der Waals surface area (Å²) in [5, 5.41) is 3.53. The average Bonchev–Trinajstić information content (AvgIpc) is 3.16. The Hall–Kier alpha value is -0.840. The summed E-state index contributed by atoms with van der Waals surface area (Å²) < 4.78 is 5.72. The van der Waals surface area contributed by atoms with Crippen LogP contribution in [0.4, 0.5) is 0 Å². The highest BCUT2D eigenvalue weighted by atomic mass is 16.3. The average molecular weight is 291 g/mol. The number of hydrogen-bond acceptors (Lipinski definition) is 4. The van der Waals surface area contributed by atoms with Gasteiger partial charge in [-0.3, -0.25) is 9.80 Å². The largest absolute Gasteiger partial charge is 0.468 e. The fourth-order valence-corrected chi connectivity index (χ4v) is 2.95. The number of rotatable bonds is 5. The van der Waals surface area contributed by atoms with Gasteiger partial charge < -0.3 is 9.73 Å². The predicted octanol–water partition coefficient (Wildman–Crippen LogP) is 2.45. The summed E-state index contributed by atoms with van der Waals surface area (Å²) in [6, 6.07) is 2.97. The molecule has 0 aromatic carbocycles. The summed E-state index contributed by atoms with van der Waals surface area (Å²) in [4.78, 5) is 5.07. The number of hydrogen-bond donors (Lipinski definition) is 1. The van der Waals surface area contributed by atoms with Gasteiger partial charge >= 0.3 is 0 Å². The molecule has 21 heavy (non-hydrogen) atoms. The number of nitrogens with zero attached hydrogens (tertiary/aromatic N) is 2. The van der Waals surface area contributed by atoms with Gasteiger partial charge in [-0.2, -0.15) is 0 Å². The van der Waals surface area contributed by atoms with E-state index in [9.17, 15) is 0 Å². The van der Waals surface area contributed by atoms with Gasteiger partial charge in [0.1, 0.15) is 5.76 Å². The molecular weight excluding hydrogens is 262 g/mol. The molecule has 4 heteroatoms. The van der Waals surface area contributed by atoms with Crippen molar-refractivity contribution in [3.05, 3.63) is 23.7 Å². The van der Waals surface area contributed by atoms with E-state index in [0.29, 0.717) is 5.54 Å². The minimum atomic E-state index is 0.290. The van der Waals surface area contributed by atoms with Crippen LogP contribution in [0.5, 0.6) is 0 Å². The van der Waals surface area contributed by atoms with Crippen molar-refractivity contribution < 1.29 is 4.42 Å². The summed E-state index contributed by atoms with van der Waals surface area (Å²) in [7, 11) is 0. The van der Waals surface area contributed by atoms with Crippen molar-refractivity contribution in [3.63, 3.8) is 0 Å². The summed E-state index contributed by atoms with van der Waals surface area (Å²) in [5.74, 6) is 1.10. The second kappa shape index (κ2) is 6.11. The smallest absolute Gasteiger partial charge is 0.118 e. The molecule has 4 nitrogen and oxygen atoms in total. The zero-order valence-electron chi connectivity index (χ0n) is 13.7. The Morgan fingerprint density at radius 2 is 1.90 bits per heavy atom. The van der Waals surface area contributed by atoms with Crippen LogP contribution in [0, 0.1) is 0 Å². The van der Waals surface area contributed by atoms with Gasteiger partial charge in [0.2, 0.25) is 0 Å². The molecule has 0 bridgehead atoms. The van der Waals surface area contributed by atoms with E-state index in [-0.39, 0.29) is 0 Å². The maximum atomic E-state index is 5.72. The van der Waals surface area contributed by atoms with E-state index in [1.54, 1.807) is 0 Å². The third kappa shape index (κ3) is 4.31. The molecule has 1 N–H and O–H groups in total. The van der Waals surface area contributed by atoms with Crippen LogP contribution in [-0.2, 0) is 13.1 Å². The third-order valence-electron chi connectivity index (χ3n) is 4.58. The molecule has 1 aromatic heterocycles. The molecule has 1 saturated carbocycles. The molecule has 1 aliphatic carbocycles. The van der Waals surface area contributed by atoms with E-state index < -0.39 is 0 Å². The van der Waals surface area contributed by atoms with Crippen molar-refractivity contribution in [2.45, 2.75) is 58.3 Å². The van der Waals surface area contributed by atoms with Crippen molar-refractivity contribution >= 4 is 0 Å². The first-order valence-corrected chi connectivity index (χ1v) is 8.28. The minimum Gasteiger partial charge on any atom is -0.468 e. The molecule has 2 fully saturated rings. The molecule has 1 aliphatic heterocycles. The van der Waals surface area contributed by atoms with Crippen LogP contribution in [0.15, 0.2) is 16.7 Å². The first kappa shape index (κ1) is 15.1. The van der Waals surface area contributed by atoms with E-state index in [1.807, 2.05) is 6.26 Å². The zero-order valence-corrected chi connectivity index (χ0v) is 13.7. The van der Waals surface area contributed by atoms with Crippen LogP contribution >= 0.6 is 0 Å². The van der Waals surface area contributed by atoms with Gasteiger partial charge in [0.05, 0.1) is 12.8 Å². The van der Waals surface area contributed by atoms with Gasteiger partial charge in [0.25, 0.3) is 0 Å². The van der Waals surface area contributed by atoms with E-state index in [4.69, 9.17) is 4.42 Å². The second-order valence-corrected chi connectivity index (χ2v) is 7.51. The fourth-order valence-electron chi connectivity index (χ4n) is 2.95. The summed E-state index contributed by atoms with van der Waals surface area (Å²) in [6.45, 7) is 13.4. The molecule has 2 aliphatic rings. The second-order valence-electron chi connectivity index (χ2n) is 7.51. The minimum absolute atomic E-state index is 0.290. The first-order chi connectivity index (χ1) is 10.0. The Morgan fingerprint density at radius 3 is 2.52 bits per heavy atom. The van der Waals surface area contributed by atoms with Crippen LogP contribution in [0.25, 0.3) is 0 Å². The molecule has 0 unspecified atom stereocenters. The van der Waals surface area contributed by atoms with Crippen molar-refractivity contribution in [3.8, 4) is 0 Å². The Bertz CT molecular complexity index is 451. The Balaban J connectivity index is 1.44. The topological polar surface area (TPSA) is 31.6 Å². The SMILES string of the molecule is CC(C)(C)N1CCN(Cc2cc(CNC3CC3)co2)CC1. The van der Waals surface area contributed by atoms with Gasteiger partial charge in [0.15, 0.2) is 0 Å². The van der Waals surface area contributed by atoms with Crippen LogP contribution in [-0.4, -0.2) is 47.6 Å². The van der Waals surface area contributed by atoms with Crippen molar-refractivity contribution in [1.82, 2.24) is 15.1 Å². The van der Waals surface area contributed by atoms with E-state index >= 15 is 0 Å². The van der Waals surface area contributed by atoms with Gasteiger partial charge in [-0.1, -0.05) is 0 Å². The maximum absolute atomic E-state index is 5.72. The standard InChI is InChI=1S/C17H29N3O/c1-17(2,3)20-8-6-19(7-9-20)12-16-10-14(13-21-16)11-18-15-4-5-15/h10,13,15,18H,4-9,11-12H2,1-3H3. The molecule has 1 saturated heterocycles. The molecule has 0 atom stereocenters. The van der Waals surface area contributed by atoms with Crippen LogP contribution in [0.3, 0.4) is 0 Å². The summed E-state index contributed by atoms with van der Waals surface area (Å²) in [6.07, 6.45) is 4.58. The van der Waals surface area contributed by atoms with E-state index in [1.165, 1.54) is 18.4 Å².